The summed E-state index contributed by atoms with van der Waals surface area (Å²) in [7, 11) is 3.30. The summed E-state index contributed by atoms with van der Waals surface area (Å²) in [6.07, 6.45) is 3.17. The highest BCUT2D eigenvalue weighted by Gasteiger charge is 2.59. The second kappa shape index (κ2) is 6.30. The molecule has 1 aliphatic carbocycles. The van der Waals surface area contributed by atoms with E-state index >= 15 is 0 Å². The van der Waals surface area contributed by atoms with Crippen molar-refractivity contribution in [1.29, 1.82) is 0 Å². The van der Waals surface area contributed by atoms with Crippen LogP contribution in [-0.4, -0.2) is 62.8 Å². The molecule has 0 radical (unpaired) electrons. The first kappa shape index (κ1) is 16.6. The zero-order valence-electron chi connectivity index (χ0n) is 14.7. The van der Waals surface area contributed by atoms with Crippen molar-refractivity contribution in [1.82, 2.24) is 10.2 Å². The summed E-state index contributed by atoms with van der Waals surface area (Å²) in [4.78, 5) is 18.4. The fourth-order valence-electron chi connectivity index (χ4n) is 4.55. The van der Waals surface area contributed by atoms with Gasteiger partial charge in [-0.3, -0.25) is 9.79 Å². The lowest BCUT2D eigenvalue weighted by Crippen LogP contribution is -2.68. The Morgan fingerprint density at radius 1 is 1.30 bits per heavy atom. The molecule has 2 aliphatic heterocycles. The van der Waals surface area contributed by atoms with E-state index in [1.54, 1.807) is 0 Å². The summed E-state index contributed by atoms with van der Waals surface area (Å²) >= 11 is 0. The standard InChI is InChI=1S/C17H29N3O3/c1-17(2)13(12-7-10-23-14(12)17)19-16(18-3)20-8-5-11(6-9-20)15(21)22-4/h11-14H,5-10H2,1-4H3,(H,18,19). The molecule has 1 saturated carbocycles. The van der Waals surface area contributed by atoms with Gasteiger partial charge in [0.1, 0.15) is 0 Å². The Morgan fingerprint density at radius 3 is 2.61 bits per heavy atom. The van der Waals surface area contributed by atoms with Gasteiger partial charge in [-0.15, -0.1) is 0 Å². The van der Waals surface area contributed by atoms with Crippen LogP contribution in [0.1, 0.15) is 33.1 Å². The monoisotopic (exact) mass is 323 g/mol. The number of likely N-dealkylation sites (tertiary alicyclic amines) is 1. The number of ether oxygens (including phenoxy) is 2. The molecule has 0 amide bonds. The van der Waals surface area contributed by atoms with Gasteiger partial charge in [0.2, 0.25) is 0 Å². The number of aliphatic imine (C=N–C) groups is 1. The average Bonchev–Trinajstić information content (AvgIpc) is 3.02. The van der Waals surface area contributed by atoms with Gasteiger partial charge >= 0.3 is 5.97 Å². The van der Waals surface area contributed by atoms with Gasteiger partial charge in [0.15, 0.2) is 5.96 Å². The summed E-state index contributed by atoms with van der Waals surface area (Å²) in [5, 5.41) is 3.67. The number of piperidine rings is 1. The van der Waals surface area contributed by atoms with E-state index in [1.165, 1.54) is 7.11 Å². The zero-order valence-corrected chi connectivity index (χ0v) is 14.7. The van der Waals surface area contributed by atoms with E-state index in [-0.39, 0.29) is 17.3 Å². The first-order chi connectivity index (χ1) is 11.0. The van der Waals surface area contributed by atoms with Gasteiger partial charge in [0.05, 0.1) is 19.1 Å². The van der Waals surface area contributed by atoms with E-state index in [4.69, 9.17) is 9.47 Å². The Labute approximate surface area is 138 Å². The lowest BCUT2D eigenvalue weighted by atomic mass is 9.57. The first-order valence-electron chi connectivity index (χ1n) is 8.66. The maximum absolute atomic E-state index is 11.7. The number of carbonyl (C=O) groups is 1. The predicted molar refractivity (Wildman–Crippen MR) is 88.2 cm³/mol. The molecule has 0 aromatic heterocycles. The second-order valence-corrected chi connectivity index (χ2v) is 7.52. The predicted octanol–water partition coefficient (Wildman–Crippen LogP) is 1.26. The van der Waals surface area contributed by atoms with Crippen molar-refractivity contribution >= 4 is 11.9 Å². The summed E-state index contributed by atoms with van der Waals surface area (Å²) in [6, 6.07) is 0.409. The Balaban J connectivity index is 1.58. The average molecular weight is 323 g/mol. The van der Waals surface area contributed by atoms with E-state index in [0.717, 1.165) is 44.9 Å². The molecule has 2 saturated heterocycles. The van der Waals surface area contributed by atoms with Crippen LogP contribution in [0.5, 0.6) is 0 Å². The molecule has 6 heteroatoms. The van der Waals surface area contributed by atoms with Crippen molar-refractivity contribution in [2.24, 2.45) is 22.2 Å². The lowest BCUT2D eigenvalue weighted by molar-refractivity contribution is -0.146. The van der Waals surface area contributed by atoms with Crippen LogP contribution in [-0.2, 0) is 14.3 Å². The molecular weight excluding hydrogens is 294 g/mol. The highest BCUT2D eigenvalue weighted by Crippen LogP contribution is 2.52. The van der Waals surface area contributed by atoms with E-state index in [2.05, 4.69) is 29.1 Å². The minimum atomic E-state index is -0.0846. The van der Waals surface area contributed by atoms with Crippen LogP contribution in [0.25, 0.3) is 0 Å². The molecule has 3 rings (SSSR count). The molecular formula is C17H29N3O3. The minimum Gasteiger partial charge on any atom is -0.469 e. The number of carbonyl (C=O) groups excluding carboxylic acids is 1. The molecule has 23 heavy (non-hydrogen) atoms. The lowest BCUT2D eigenvalue weighted by Gasteiger charge is -2.55. The molecule has 6 nitrogen and oxygen atoms in total. The van der Waals surface area contributed by atoms with Crippen LogP contribution < -0.4 is 5.32 Å². The van der Waals surface area contributed by atoms with E-state index in [1.807, 2.05) is 7.05 Å². The molecule has 3 aliphatic rings. The molecule has 3 atom stereocenters. The first-order valence-corrected chi connectivity index (χ1v) is 8.66. The molecule has 130 valence electrons. The Hall–Kier alpha value is -1.30. The fourth-order valence-corrected chi connectivity index (χ4v) is 4.55. The number of guanidine groups is 1. The van der Waals surface area contributed by atoms with Gasteiger partial charge in [-0.2, -0.15) is 0 Å². The Morgan fingerprint density at radius 2 is 2.00 bits per heavy atom. The fraction of sp³-hybridized carbons (Fsp3) is 0.882. The topological polar surface area (TPSA) is 63.2 Å². The molecule has 3 unspecified atom stereocenters. The molecule has 2 heterocycles. The third-order valence-electron chi connectivity index (χ3n) is 5.93. The van der Waals surface area contributed by atoms with Crippen molar-refractivity contribution in [3.8, 4) is 0 Å². The number of nitrogens with one attached hydrogen (secondary N) is 1. The summed E-state index contributed by atoms with van der Waals surface area (Å²) in [6.45, 7) is 7.11. The number of esters is 1. The van der Waals surface area contributed by atoms with Crippen LogP contribution in [0.4, 0.5) is 0 Å². The zero-order chi connectivity index (χ0) is 16.6. The van der Waals surface area contributed by atoms with E-state index in [9.17, 15) is 4.79 Å². The van der Waals surface area contributed by atoms with E-state index in [0.29, 0.717) is 18.1 Å². The van der Waals surface area contributed by atoms with Crippen LogP contribution >= 0.6 is 0 Å². The van der Waals surface area contributed by atoms with Crippen molar-refractivity contribution in [2.45, 2.75) is 45.3 Å². The van der Waals surface area contributed by atoms with Crippen LogP contribution in [0.15, 0.2) is 4.99 Å². The van der Waals surface area contributed by atoms with Gasteiger partial charge in [-0.05, 0) is 19.3 Å². The maximum atomic E-state index is 11.7. The third kappa shape index (κ3) is 2.82. The second-order valence-electron chi connectivity index (χ2n) is 7.52. The molecule has 3 fully saturated rings. The number of rotatable bonds is 2. The quantitative estimate of drug-likeness (QED) is 0.471. The Kier molecular flexibility index (Phi) is 4.54. The van der Waals surface area contributed by atoms with Crippen molar-refractivity contribution < 1.29 is 14.3 Å². The highest BCUT2D eigenvalue weighted by atomic mass is 16.5. The summed E-state index contributed by atoms with van der Waals surface area (Å²) < 4.78 is 10.7. The third-order valence-corrected chi connectivity index (χ3v) is 5.93. The van der Waals surface area contributed by atoms with Crippen molar-refractivity contribution in [3.63, 3.8) is 0 Å². The summed E-state index contributed by atoms with van der Waals surface area (Å²) in [5.41, 5.74) is 0.140. The number of hydrogen-bond acceptors (Lipinski definition) is 4. The Bertz CT molecular complexity index is 483. The number of methoxy groups -OCH3 is 1. The molecule has 0 bridgehead atoms. The number of fused-ring (bicyclic) bond motifs is 1. The summed E-state index contributed by atoms with van der Waals surface area (Å²) in [5.74, 6) is 1.49. The van der Waals surface area contributed by atoms with Gasteiger partial charge in [-0.25, -0.2) is 0 Å². The molecule has 0 aromatic carbocycles. The largest absolute Gasteiger partial charge is 0.469 e. The number of hydrogen-bond donors (Lipinski definition) is 1. The SMILES string of the molecule is CN=C(NC1C2CCOC2C1(C)C)N1CCC(C(=O)OC)CC1. The van der Waals surface area contributed by atoms with Crippen LogP contribution in [0, 0.1) is 17.3 Å². The van der Waals surface area contributed by atoms with Crippen molar-refractivity contribution in [2.75, 3.05) is 33.9 Å². The van der Waals surface area contributed by atoms with Gasteiger partial charge in [-0.1, -0.05) is 13.8 Å². The minimum absolute atomic E-state index is 0.0297. The van der Waals surface area contributed by atoms with Gasteiger partial charge in [0, 0.05) is 44.1 Å². The van der Waals surface area contributed by atoms with Crippen molar-refractivity contribution in [3.05, 3.63) is 0 Å². The highest BCUT2D eigenvalue weighted by molar-refractivity contribution is 5.81. The normalized spacial score (nSPS) is 33.8. The number of nitrogens with zero attached hydrogens (tertiary/aromatic N) is 2. The van der Waals surface area contributed by atoms with Gasteiger partial charge < -0.3 is 19.7 Å². The van der Waals surface area contributed by atoms with Crippen LogP contribution in [0.2, 0.25) is 0 Å². The molecule has 1 N–H and O–H groups in total. The smallest absolute Gasteiger partial charge is 0.308 e. The maximum Gasteiger partial charge on any atom is 0.308 e. The molecule has 0 aromatic rings. The van der Waals surface area contributed by atoms with Crippen LogP contribution in [0.3, 0.4) is 0 Å². The van der Waals surface area contributed by atoms with Gasteiger partial charge in [0.25, 0.3) is 0 Å². The van der Waals surface area contributed by atoms with E-state index < -0.39 is 0 Å². The molecule has 0 spiro atoms.